The Hall–Kier alpha value is -15.7. The quantitative estimate of drug-likeness (QED) is 0.0904. The highest BCUT2D eigenvalue weighted by molar-refractivity contribution is 6.18. The Morgan fingerprint density at radius 3 is 0.836 bits per heavy atom. The van der Waals surface area contributed by atoms with Crippen molar-refractivity contribution in [3.05, 3.63) is 412 Å². The molecule has 0 fully saturated rings. The second-order valence-corrected chi connectivity index (χ2v) is 31.4. The topological polar surface area (TPSA) is 45.5 Å². The summed E-state index contributed by atoms with van der Waals surface area (Å²) in [5.74, 6) is -0.525. The lowest BCUT2D eigenvalue weighted by molar-refractivity contribution is -0.141. The Balaban J connectivity index is 0.790. The molecule has 0 saturated heterocycles. The molecule has 23 aromatic rings. The Morgan fingerprint density at radius 2 is 0.508 bits per heavy atom. The number of halogens is 6. The molecule has 0 aliphatic carbocycles. The molecule has 6 nitrogen and oxygen atoms in total. The van der Waals surface area contributed by atoms with Crippen molar-refractivity contribution in [1.29, 1.82) is 0 Å². The normalized spacial score (nSPS) is 12.2. The molecule has 0 saturated carbocycles. The number of fused-ring (bicyclic) bond motifs is 15. The number of nitrogens with zero attached hydrogens (tertiary/aromatic N) is 6. The molecular formula is C110H66F6N6. The van der Waals surface area contributed by atoms with Gasteiger partial charge in [0.15, 0.2) is 5.82 Å². The summed E-state index contributed by atoms with van der Waals surface area (Å²) in [6.45, 7) is 0. The third-order valence-electron chi connectivity index (χ3n) is 24.4. The first-order chi connectivity index (χ1) is 59.7. The van der Waals surface area contributed by atoms with Crippen LogP contribution in [-0.4, -0.2) is 28.2 Å². The van der Waals surface area contributed by atoms with Crippen molar-refractivity contribution in [2.75, 3.05) is 0 Å². The summed E-state index contributed by atoms with van der Waals surface area (Å²) in [6, 6.07) is 134. The number of rotatable bonds is 12. The molecule has 0 atom stereocenters. The van der Waals surface area contributed by atoms with Gasteiger partial charge in [-0.2, -0.15) is 26.3 Å². The second kappa shape index (κ2) is 28.0. The third kappa shape index (κ3) is 12.0. The highest BCUT2D eigenvalue weighted by atomic mass is 19.4. The van der Waals surface area contributed by atoms with Gasteiger partial charge in [0.25, 0.3) is 0 Å². The van der Waals surface area contributed by atoms with Gasteiger partial charge in [-0.3, -0.25) is 0 Å². The number of para-hydroxylation sites is 2. The summed E-state index contributed by atoms with van der Waals surface area (Å²) in [6.07, 6.45) is -10.1. The molecule has 0 unspecified atom stereocenters. The van der Waals surface area contributed by atoms with Crippen molar-refractivity contribution in [3.8, 4) is 112 Å². The maximum absolute atomic E-state index is 15.7. The smallest absolute Gasteiger partial charge is 0.309 e. The van der Waals surface area contributed by atoms with E-state index in [-0.39, 0.29) is 11.2 Å². The van der Waals surface area contributed by atoms with Gasteiger partial charge >= 0.3 is 12.4 Å². The summed E-state index contributed by atoms with van der Waals surface area (Å²) >= 11 is 0. The van der Waals surface area contributed by atoms with Crippen LogP contribution >= 0.6 is 0 Å². The molecule has 0 aliphatic heterocycles. The Kier molecular flexibility index (Phi) is 16.4. The van der Waals surface area contributed by atoms with Crippen LogP contribution in [0.3, 0.4) is 0 Å². The molecule has 12 heteroatoms. The number of alkyl halides is 6. The van der Waals surface area contributed by atoms with Crippen molar-refractivity contribution in [2.45, 2.75) is 12.4 Å². The molecular weight excluding hydrogens is 1520 g/mol. The molecule has 0 amide bonds. The fourth-order valence-corrected chi connectivity index (χ4v) is 18.7. The van der Waals surface area contributed by atoms with E-state index < -0.39 is 34.9 Å². The van der Waals surface area contributed by atoms with Gasteiger partial charge in [-0.25, -0.2) is 9.97 Å². The van der Waals surface area contributed by atoms with Crippen molar-refractivity contribution in [2.24, 2.45) is 0 Å². The van der Waals surface area contributed by atoms with E-state index in [2.05, 4.69) is 291 Å². The van der Waals surface area contributed by atoms with E-state index in [0.717, 1.165) is 171 Å². The minimum atomic E-state index is -5.10. The third-order valence-corrected chi connectivity index (χ3v) is 24.4. The molecule has 0 N–H and O–H groups in total. The zero-order chi connectivity index (χ0) is 81.6. The predicted molar refractivity (Wildman–Crippen MR) is 488 cm³/mol. The second-order valence-electron chi connectivity index (χ2n) is 31.4. The predicted octanol–water partition coefficient (Wildman–Crippen LogP) is 30.5. The maximum Gasteiger partial charge on any atom is 0.417 e. The standard InChI is InChI=1S/C110H66F6N6/c111-109(112,113)81-44-45-96(110(114,115)116)95(65-81)108-117-97-46-35-71-29-19-20-34-86(71)106(97)107(118-108)80-55-84(121-102-49-38-74(69-25-11-3-12-26-69)59-89(102)93-63-78(42-53-104(93)121)76-40-51-100-91(61-76)87-57-72(67-21-7-1-8-22-67)36-47-98(87)119(100)82-30-15-5-16-31-82)66-85(56-80)122-103-50-39-75(70-27-13-4-14-28-70)60-90(103)94-64-79(43-54-105(94)122)77-41-52-101-92(62-77)88-58-73(68-23-9-2-10-24-68)37-48-99(88)120(101)83-32-17-6-18-33-83/h1-66H. The van der Waals surface area contributed by atoms with Crippen LogP contribution in [-0.2, 0) is 12.4 Å². The molecule has 18 aromatic carbocycles. The Morgan fingerprint density at radius 1 is 0.205 bits per heavy atom. The van der Waals surface area contributed by atoms with Gasteiger partial charge in [0, 0.05) is 82.4 Å². The number of aromatic nitrogens is 6. The highest BCUT2D eigenvalue weighted by Crippen LogP contribution is 2.48. The average molecular weight is 1590 g/mol. The van der Waals surface area contributed by atoms with E-state index in [4.69, 9.17) is 9.97 Å². The van der Waals surface area contributed by atoms with E-state index in [1.54, 1.807) is 6.07 Å². The fraction of sp³-hybridized carbons (Fsp3) is 0.0182. The molecule has 122 heavy (non-hydrogen) atoms. The van der Waals surface area contributed by atoms with Crippen LogP contribution in [0, 0.1) is 0 Å². The molecule has 5 heterocycles. The molecule has 23 rings (SSSR count). The van der Waals surface area contributed by atoms with E-state index in [1.807, 2.05) is 103 Å². The van der Waals surface area contributed by atoms with Gasteiger partial charge in [0.1, 0.15) is 0 Å². The molecule has 0 radical (unpaired) electrons. The van der Waals surface area contributed by atoms with E-state index in [1.165, 1.54) is 0 Å². The van der Waals surface area contributed by atoms with Crippen LogP contribution in [0.2, 0.25) is 0 Å². The lowest BCUT2D eigenvalue weighted by Crippen LogP contribution is -2.12. The largest absolute Gasteiger partial charge is 0.417 e. The van der Waals surface area contributed by atoms with Gasteiger partial charge in [0.05, 0.1) is 66.5 Å². The number of benzene rings is 18. The summed E-state index contributed by atoms with van der Waals surface area (Å²) in [7, 11) is 0. The van der Waals surface area contributed by atoms with Crippen LogP contribution in [0.25, 0.3) is 221 Å². The zero-order valence-electron chi connectivity index (χ0n) is 65.1. The molecule has 0 spiro atoms. The van der Waals surface area contributed by atoms with Crippen LogP contribution < -0.4 is 0 Å². The monoisotopic (exact) mass is 1580 g/mol. The summed E-state index contributed by atoms with van der Waals surface area (Å²) < 4.78 is 101. The molecule has 0 aliphatic rings. The van der Waals surface area contributed by atoms with Crippen LogP contribution in [0.5, 0.6) is 0 Å². The number of hydrogen-bond acceptors (Lipinski definition) is 2. The maximum atomic E-state index is 15.7. The molecule has 0 bridgehead atoms. The van der Waals surface area contributed by atoms with Gasteiger partial charge in [-0.15, -0.1) is 0 Å². The van der Waals surface area contributed by atoms with Crippen LogP contribution in [0.1, 0.15) is 11.1 Å². The number of hydrogen-bond donors (Lipinski definition) is 0. The lowest BCUT2D eigenvalue weighted by atomic mass is 9.97. The van der Waals surface area contributed by atoms with Gasteiger partial charge in [-0.05, 0) is 241 Å². The minimum absolute atomic E-state index is 0.207. The van der Waals surface area contributed by atoms with E-state index >= 15 is 26.3 Å². The van der Waals surface area contributed by atoms with E-state index in [9.17, 15) is 0 Å². The zero-order valence-corrected chi connectivity index (χ0v) is 65.1. The first-order valence-electron chi connectivity index (χ1n) is 40.5. The molecule has 578 valence electrons. The summed E-state index contributed by atoms with van der Waals surface area (Å²) in [4.78, 5) is 10.1. The van der Waals surface area contributed by atoms with Gasteiger partial charge in [0.2, 0.25) is 0 Å². The Bertz CT molecular complexity index is 7810. The van der Waals surface area contributed by atoms with Crippen LogP contribution in [0.15, 0.2) is 400 Å². The summed E-state index contributed by atoms with van der Waals surface area (Å²) in [5, 5.41) is 10.2. The minimum Gasteiger partial charge on any atom is -0.309 e. The van der Waals surface area contributed by atoms with Crippen molar-refractivity contribution in [3.63, 3.8) is 0 Å². The Labute approximate surface area is 695 Å². The van der Waals surface area contributed by atoms with Crippen molar-refractivity contribution < 1.29 is 26.3 Å². The highest BCUT2D eigenvalue weighted by Gasteiger charge is 2.39. The first kappa shape index (κ1) is 71.6. The average Bonchev–Trinajstić information content (AvgIpc) is 1.44. The van der Waals surface area contributed by atoms with Gasteiger partial charge < -0.3 is 18.3 Å². The van der Waals surface area contributed by atoms with E-state index in [0.29, 0.717) is 45.9 Å². The lowest BCUT2D eigenvalue weighted by Gasteiger charge is -2.19. The SMILES string of the molecule is FC(F)(F)c1ccc(C(F)(F)F)c(-c2nc(-c3cc(-n4c5ccc(-c6ccccc6)cc5c5cc(-c6ccc7c(c6)c6cc(-c8ccccc8)ccc6n7-c6ccccc6)ccc54)cc(-n4c5ccc(-c6ccccc6)cc5c5cc(-c6ccc7c(c6)c6cc(-c8ccccc8)ccc6n7-c6ccccc6)ccc54)c3)c3c(ccc4ccccc43)n2)c1. The first-order valence-corrected chi connectivity index (χ1v) is 40.5. The molecule has 5 aromatic heterocycles. The van der Waals surface area contributed by atoms with Gasteiger partial charge in [-0.1, -0.05) is 237 Å². The van der Waals surface area contributed by atoms with Crippen molar-refractivity contribution in [1.82, 2.24) is 28.2 Å². The van der Waals surface area contributed by atoms with Crippen LogP contribution in [0.4, 0.5) is 26.3 Å². The van der Waals surface area contributed by atoms with Crippen molar-refractivity contribution >= 4 is 109 Å². The summed E-state index contributed by atoms with van der Waals surface area (Å²) in [5.41, 5.74) is 21.1. The fourth-order valence-electron chi connectivity index (χ4n) is 18.7.